The molecule has 0 saturated heterocycles. The number of allylic oxidation sites excluding steroid dienone is 1. The number of ketones is 1. The van der Waals surface area contributed by atoms with E-state index in [0.29, 0.717) is 33.8 Å². The molecular formula is C30H26O10. The van der Waals surface area contributed by atoms with Crippen LogP contribution in [0.5, 0.6) is 40.2 Å². The molecule has 0 saturated carbocycles. The van der Waals surface area contributed by atoms with Crippen LogP contribution in [0.25, 0.3) is 6.08 Å². The predicted molar refractivity (Wildman–Crippen MR) is 142 cm³/mol. The summed E-state index contributed by atoms with van der Waals surface area (Å²) in [5.41, 5.74) is 2.05. The number of rotatable bonds is 7. The van der Waals surface area contributed by atoms with Crippen LogP contribution in [0.4, 0.5) is 0 Å². The van der Waals surface area contributed by atoms with Crippen molar-refractivity contribution in [3.05, 3.63) is 70.5 Å². The average molecular weight is 547 g/mol. The van der Waals surface area contributed by atoms with Crippen molar-refractivity contribution >= 4 is 23.8 Å². The minimum atomic E-state index is -0.584. The number of carbonyl (C=O) groups is 3. The van der Waals surface area contributed by atoms with E-state index in [2.05, 4.69) is 0 Å². The van der Waals surface area contributed by atoms with Crippen molar-refractivity contribution < 1.29 is 47.5 Å². The van der Waals surface area contributed by atoms with Crippen molar-refractivity contribution in [1.82, 2.24) is 0 Å². The van der Waals surface area contributed by atoms with Gasteiger partial charge >= 0.3 is 11.9 Å². The summed E-state index contributed by atoms with van der Waals surface area (Å²) in [5, 5.41) is 0. The van der Waals surface area contributed by atoms with Crippen molar-refractivity contribution in [3.63, 3.8) is 0 Å². The van der Waals surface area contributed by atoms with Gasteiger partial charge in [0.15, 0.2) is 28.8 Å². The quantitative estimate of drug-likeness (QED) is 0.234. The minimum absolute atomic E-state index is 0.0387. The van der Waals surface area contributed by atoms with E-state index >= 15 is 0 Å². The number of Topliss-reactive ketones (excluding diaryl/α,β-unsaturated/α-hetero) is 1. The second kappa shape index (κ2) is 10.6. The van der Waals surface area contributed by atoms with Gasteiger partial charge in [0.05, 0.1) is 40.4 Å². The van der Waals surface area contributed by atoms with Crippen molar-refractivity contribution in [3.8, 4) is 40.2 Å². The van der Waals surface area contributed by atoms with E-state index in [-0.39, 0.29) is 46.7 Å². The van der Waals surface area contributed by atoms with Gasteiger partial charge in [0.25, 0.3) is 0 Å². The maximum atomic E-state index is 13.4. The third kappa shape index (κ3) is 4.57. The Balaban J connectivity index is 1.63. The molecular weight excluding hydrogens is 520 g/mol. The minimum Gasteiger partial charge on any atom is -0.493 e. The molecule has 0 spiro atoms. The van der Waals surface area contributed by atoms with Gasteiger partial charge < -0.3 is 33.2 Å². The van der Waals surface area contributed by atoms with Crippen LogP contribution >= 0.6 is 0 Å². The summed E-state index contributed by atoms with van der Waals surface area (Å²) in [6, 6.07) is 11.8. The van der Waals surface area contributed by atoms with E-state index in [1.165, 1.54) is 35.4 Å². The molecule has 5 rings (SSSR count). The molecule has 0 fully saturated rings. The lowest BCUT2D eigenvalue weighted by Crippen LogP contribution is -2.21. The highest BCUT2D eigenvalue weighted by Crippen LogP contribution is 2.51. The molecule has 3 aromatic rings. The largest absolute Gasteiger partial charge is 0.493 e. The highest BCUT2D eigenvalue weighted by Gasteiger charge is 2.39. The number of fused-ring (bicyclic) bond motifs is 3. The third-order valence-electron chi connectivity index (χ3n) is 6.63. The predicted octanol–water partition coefficient (Wildman–Crippen LogP) is 4.70. The molecule has 1 atom stereocenters. The second-order valence-corrected chi connectivity index (χ2v) is 8.96. The molecule has 1 unspecified atom stereocenters. The van der Waals surface area contributed by atoms with Gasteiger partial charge in [-0.2, -0.15) is 0 Å². The Morgan fingerprint density at radius 2 is 1.57 bits per heavy atom. The Labute approximate surface area is 230 Å². The summed E-state index contributed by atoms with van der Waals surface area (Å²) in [5.74, 6) is 0.250. The van der Waals surface area contributed by atoms with Gasteiger partial charge in [-0.3, -0.25) is 14.4 Å². The Kier molecular flexibility index (Phi) is 7.08. The molecule has 0 aromatic heterocycles. The monoisotopic (exact) mass is 546 g/mol. The topological polar surface area (TPSA) is 116 Å². The molecule has 0 bridgehead atoms. The summed E-state index contributed by atoms with van der Waals surface area (Å²) in [6.45, 7) is 1.27. The SMILES string of the molecule is COc1cccc(/C=C2\Oc3c(ccc4c3C(c3cc(OC)c(OC(C)=O)c(OC)c3)CC(=O)O4)C2=O)c1OC. The van der Waals surface area contributed by atoms with Crippen molar-refractivity contribution in [2.24, 2.45) is 0 Å². The molecule has 10 nitrogen and oxygen atoms in total. The van der Waals surface area contributed by atoms with Crippen LogP contribution in [-0.2, 0) is 9.59 Å². The maximum absolute atomic E-state index is 13.4. The second-order valence-electron chi connectivity index (χ2n) is 8.96. The van der Waals surface area contributed by atoms with E-state index < -0.39 is 17.9 Å². The van der Waals surface area contributed by atoms with Crippen LogP contribution in [0.3, 0.4) is 0 Å². The molecule has 206 valence electrons. The van der Waals surface area contributed by atoms with Gasteiger partial charge in [-0.15, -0.1) is 0 Å². The lowest BCUT2D eigenvalue weighted by Gasteiger charge is -2.27. The first-order chi connectivity index (χ1) is 19.3. The van der Waals surface area contributed by atoms with Gasteiger partial charge in [0.1, 0.15) is 11.5 Å². The van der Waals surface area contributed by atoms with Crippen LogP contribution in [0, 0.1) is 0 Å². The summed E-state index contributed by atoms with van der Waals surface area (Å²) in [4.78, 5) is 37.7. The van der Waals surface area contributed by atoms with Gasteiger partial charge in [-0.05, 0) is 42.0 Å². The van der Waals surface area contributed by atoms with Gasteiger partial charge in [-0.25, -0.2) is 0 Å². The molecule has 10 heteroatoms. The fourth-order valence-corrected chi connectivity index (χ4v) is 4.90. The maximum Gasteiger partial charge on any atom is 0.312 e. The number of para-hydroxylation sites is 1. The Morgan fingerprint density at radius 1 is 0.875 bits per heavy atom. The molecule has 2 aliphatic rings. The third-order valence-corrected chi connectivity index (χ3v) is 6.63. The molecule has 0 amide bonds. The lowest BCUT2D eigenvalue weighted by atomic mass is 9.84. The summed E-state index contributed by atoms with van der Waals surface area (Å²) in [7, 11) is 5.89. The number of hydrogen-bond donors (Lipinski definition) is 0. The molecule has 2 heterocycles. The van der Waals surface area contributed by atoms with Crippen LogP contribution in [0.1, 0.15) is 46.3 Å². The highest BCUT2D eigenvalue weighted by molar-refractivity contribution is 6.15. The number of hydrogen-bond acceptors (Lipinski definition) is 10. The van der Waals surface area contributed by atoms with E-state index in [1.54, 1.807) is 48.5 Å². The molecule has 0 aliphatic carbocycles. The summed E-state index contributed by atoms with van der Waals surface area (Å²) in [6.07, 6.45) is 1.54. The van der Waals surface area contributed by atoms with Crippen LogP contribution in [0.15, 0.2) is 48.2 Å². The first-order valence-corrected chi connectivity index (χ1v) is 12.3. The fraction of sp³-hybridized carbons (Fsp3) is 0.233. The van der Waals surface area contributed by atoms with Crippen LogP contribution in [0.2, 0.25) is 0 Å². The lowest BCUT2D eigenvalue weighted by molar-refractivity contribution is -0.135. The fourth-order valence-electron chi connectivity index (χ4n) is 4.90. The van der Waals surface area contributed by atoms with E-state index in [1.807, 2.05) is 0 Å². The van der Waals surface area contributed by atoms with E-state index in [9.17, 15) is 14.4 Å². The Morgan fingerprint density at radius 3 is 2.20 bits per heavy atom. The van der Waals surface area contributed by atoms with Crippen LogP contribution in [-0.4, -0.2) is 46.2 Å². The van der Waals surface area contributed by atoms with Gasteiger partial charge in [0, 0.05) is 24.0 Å². The number of benzene rings is 3. The summed E-state index contributed by atoms with van der Waals surface area (Å²) >= 11 is 0. The zero-order valence-electron chi connectivity index (χ0n) is 22.5. The number of carbonyl (C=O) groups excluding carboxylic acids is 3. The normalized spacial score (nSPS) is 16.4. The smallest absolute Gasteiger partial charge is 0.312 e. The van der Waals surface area contributed by atoms with Gasteiger partial charge in [-0.1, -0.05) is 12.1 Å². The van der Waals surface area contributed by atoms with Crippen molar-refractivity contribution in [2.75, 3.05) is 28.4 Å². The van der Waals surface area contributed by atoms with Gasteiger partial charge in [0.2, 0.25) is 11.5 Å². The molecule has 3 aromatic carbocycles. The first-order valence-electron chi connectivity index (χ1n) is 12.3. The molecule has 0 radical (unpaired) electrons. The number of ether oxygens (including phenoxy) is 7. The number of methoxy groups -OCH3 is 4. The van der Waals surface area contributed by atoms with E-state index in [4.69, 9.17) is 33.2 Å². The van der Waals surface area contributed by atoms with Crippen molar-refractivity contribution in [1.29, 1.82) is 0 Å². The van der Waals surface area contributed by atoms with Crippen LogP contribution < -0.4 is 33.2 Å². The highest BCUT2D eigenvalue weighted by atomic mass is 16.6. The first kappa shape index (κ1) is 26.6. The number of esters is 2. The Bertz CT molecular complexity index is 1540. The average Bonchev–Trinajstić information content (AvgIpc) is 3.26. The summed E-state index contributed by atoms with van der Waals surface area (Å²) < 4.78 is 38.8. The molecule has 40 heavy (non-hydrogen) atoms. The zero-order chi connectivity index (χ0) is 28.6. The Hall–Kier alpha value is -4.99. The zero-order valence-corrected chi connectivity index (χ0v) is 22.5. The standard InChI is InChI=1S/C30H26O10/c1-15(31)38-30-23(35-3)12-17(13-24(30)36-4)19-14-25(32)39-20-10-9-18-27(33)22(40-29(18)26(19)20)11-16-7-6-8-21(34-2)28(16)37-5/h6-13,19H,14H2,1-5H3/b22-11-. The molecule has 0 N–H and O–H groups in total. The molecule has 2 aliphatic heterocycles. The van der Waals surface area contributed by atoms with Crippen molar-refractivity contribution in [2.45, 2.75) is 19.3 Å². The van der Waals surface area contributed by atoms with E-state index in [0.717, 1.165) is 0 Å².